The number of carbonyl (C=O) groups excluding carboxylic acids is 1. The van der Waals surface area contributed by atoms with Crippen LogP contribution in [0.5, 0.6) is 5.75 Å². The van der Waals surface area contributed by atoms with E-state index >= 15 is 0 Å². The van der Waals surface area contributed by atoms with Crippen LogP contribution in [0.2, 0.25) is 0 Å². The van der Waals surface area contributed by atoms with Crippen LogP contribution in [0.1, 0.15) is 12.0 Å². The van der Waals surface area contributed by atoms with Crippen LogP contribution in [0.15, 0.2) is 54.6 Å². The van der Waals surface area contributed by atoms with Gasteiger partial charge in [0.05, 0.1) is 11.3 Å². The zero-order valence-electron chi connectivity index (χ0n) is 11.8. The van der Waals surface area contributed by atoms with Crippen molar-refractivity contribution < 1.29 is 14.5 Å². The minimum absolute atomic E-state index is 0.0294. The number of hydrogen-bond acceptors (Lipinski definition) is 5. The summed E-state index contributed by atoms with van der Waals surface area (Å²) in [6, 6.07) is 15.5. The molecule has 2 aromatic carbocycles. The number of esters is 1. The lowest BCUT2D eigenvalue weighted by Crippen LogP contribution is -2.08. The number of carbonyl (C=O) groups is 1. The third-order valence-corrected chi connectivity index (χ3v) is 3.87. The van der Waals surface area contributed by atoms with Gasteiger partial charge >= 0.3 is 5.97 Å². The first-order valence-corrected chi connectivity index (χ1v) is 7.87. The van der Waals surface area contributed by atoms with Gasteiger partial charge in [-0.15, -0.1) is 0 Å². The summed E-state index contributed by atoms with van der Waals surface area (Å²) in [5, 5.41) is 10.5. The van der Waals surface area contributed by atoms with Crippen LogP contribution in [0.25, 0.3) is 0 Å². The molecular weight excluding hydrogens is 302 g/mol. The minimum Gasteiger partial charge on any atom is -0.426 e. The van der Waals surface area contributed by atoms with Gasteiger partial charge in [0, 0.05) is 23.6 Å². The van der Waals surface area contributed by atoms with Gasteiger partial charge in [-0.25, -0.2) is 0 Å². The van der Waals surface area contributed by atoms with Crippen LogP contribution < -0.4 is 4.74 Å². The van der Waals surface area contributed by atoms with Gasteiger partial charge in [0.2, 0.25) is 0 Å². The van der Waals surface area contributed by atoms with E-state index in [9.17, 15) is 14.9 Å². The lowest BCUT2D eigenvalue weighted by molar-refractivity contribution is -0.384. The molecular formula is C16H15NO4S. The maximum Gasteiger partial charge on any atom is 0.312 e. The lowest BCUT2D eigenvalue weighted by Gasteiger charge is -2.04. The molecule has 2 rings (SSSR count). The van der Waals surface area contributed by atoms with Gasteiger partial charge in [-0.2, -0.15) is 11.8 Å². The van der Waals surface area contributed by atoms with Gasteiger partial charge in [-0.1, -0.05) is 30.3 Å². The van der Waals surface area contributed by atoms with Crippen molar-refractivity contribution in [3.63, 3.8) is 0 Å². The molecule has 0 bridgehead atoms. The summed E-state index contributed by atoms with van der Waals surface area (Å²) >= 11 is 1.66. The van der Waals surface area contributed by atoms with Gasteiger partial charge in [0.15, 0.2) is 0 Å². The number of rotatable bonds is 7. The van der Waals surface area contributed by atoms with Crippen LogP contribution >= 0.6 is 11.8 Å². The highest BCUT2D eigenvalue weighted by Gasteiger charge is 2.08. The molecule has 5 nitrogen and oxygen atoms in total. The largest absolute Gasteiger partial charge is 0.426 e. The molecule has 0 unspecified atom stereocenters. The van der Waals surface area contributed by atoms with E-state index in [1.807, 2.05) is 30.3 Å². The summed E-state index contributed by atoms with van der Waals surface area (Å²) in [4.78, 5) is 21.7. The van der Waals surface area contributed by atoms with Crippen molar-refractivity contribution in [2.75, 3.05) is 5.75 Å². The molecule has 0 fully saturated rings. The second kappa shape index (κ2) is 8.19. The Hall–Kier alpha value is -2.34. The second-order valence-corrected chi connectivity index (χ2v) is 5.62. The first-order chi connectivity index (χ1) is 10.6. The van der Waals surface area contributed by atoms with Crippen molar-refractivity contribution in [2.45, 2.75) is 12.2 Å². The van der Waals surface area contributed by atoms with Crippen molar-refractivity contribution in [1.29, 1.82) is 0 Å². The van der Waals surface area contributed by atoms with Crippen molar-refractivity contribution >= 4 is 23.4 Å². The van der Waals surface area contributed by atoms with Gasteiger partial charge in [-0.3, -0.25) is 14.9 Å². The summed E-state index contributed by atoms with van der Waals surface area (Å²) in [7, 11) is 0. The number of benzene rings is 2. The Balaban J connectivity index is 1.70. The van der Waals surface area contributed by atoms with Crippen molar-refractivity contribution in [2.24, 2.45) is 0 Å². The molecule has 0 radical (unpaired) electrons. The fraction of sp³-hybridized carbons (Fsp3) is 0.188. The normalized spacial score (nSPS) is 10.2. The van der Waals surface area contributed by atoms with Crippen molar-refractivity contribution in [3.05, 3.63) is 70.3 Å². The predicted molar refractivity (Wildman–Crippen MR) is 86.0 cm³/mol. The average molecular weight is 317 g/mol. The number of ether oxygens (including phenoxy) is 1. The molecule has 0 atom stereocenters. The third-order valence-electron chi connectivity index (χ3n) is 2.84. The van der Waals surface area contributed by atoms with Crippen LogP contribution in [0, 0.1) is 10.1 Å². The molecule has 0 saturated carbocycles. The third kappa shape index (κ3) is 5.21. The van der Waals surface area contributed by atoms with Crippen molar-refractivity contribution in [1.82, 2.24) is 0 Å². The standard InChI is InChI=1S/C16H15NO4S/c18-16(10-11-22-12-13-4-2-1-3-5-13)21-15-8-6-14(7-9-15)17(19)20/h1-9H,10-12H2. The number of nitro groups is 1. The number of thioether (sulfide) groups is 1. The maximum atomic E-state index is 11.7. The molecule has 0 aliphatic rings. The highest BCUT2D eigenvalue weighted by molar-refractivity contribution is 7.98. The number of non-ortho nitro benzene ring substituents is 1. The van der Waals surface area contributed by atoms with E-state index in [0.29, 0.717) is 17.9 Å². The van der Waals surface area contributed by atoms with Crippen LogP contribution in [0.3, 0.4) is 0 Å². The molecule has 6 heteroatoms. The Morgan fingerprint density at radius 3 is 2.41 bits per heavy atom. The van der Waals surface area contributed by atoms with Gasteiger partial charge in [0.1, 0.15) is 5.75 Å². The summed E-state index contributed by atoms with van der Waals surface area (Å²) in [5.74, 6) is 1.50. The summed E-state index contributed by atoms with van der Waals surface area (Å²) in [6.07, 6.45) is 0.300. The average Bonchev–Trinajstić information content (AvgIpc) is 2.53. The second-order valence-electron chi connectivity index (χ2n) is 4.51. The smallest absolute Gasteiger partial charge is 0.312 e. The van der Waals surface area contributed by atoms with Gasteiger partial charge in [0.25, 0.3) is 5.69 Å². The van der Waals surface area contributed by atoms with E-state index in [-0.39, 0.29) is 11.7 Å². The zero-order valence-corrected chi connectivity index (χ0v) is 12.6. The van der Waals surface area contributed by atoms with E-state index in [1.54, 1.807) is 11.8 Å². The van der Waals surface area contributed by atoms with E-state index in [2.05, 4.69) is 0 Å². The topological polar surface area (TPSA) is 69.4 Å². The molecule has 0 saturated heterocycles. The van der Waals surface area contributed by atoms with E-state index in [1.165, 1.54) is 29.8 Å². The first kappa shape index (κ1) is 16.0. The number of nitro benzene ring substituents is 1. The number of hydrogen-bond donors (Lipinski definition) is 0. The molecule has 0 spiro atoms. The van der Waals surface area contributed by atoms with Crippen LogP contribution in [-0.2, 0) is 10.5 Å². The maximum absolute atomic E-state index is 11.7. The highest BCUT2D eigenvalue weighted by atomic mass is 32.2. The predicted octanol–water partition coefficient (Wildman–Crippen LogP) is 3.82. The summed E-state index contributed by atoms with van der Waals surface area (Å²) in [5.41, 5.74) is 1.19. The van der Waals surface area contributed by atoms with Crippen LogP contribution in [-0.4, -0.2) is 16.6 Å². The number of nitrogens with zero attached hydrogens (tertiary/aromatic N) is 1. The molecule has 0 aliphatic heterocycles. The molecule has 2 aromatic rings. The summed E-state index contributed by atoms with van der Waals surface area (Å²) in [6.45, 7) is 0. The summed E-state index contributed by atoms with van der Waals surface area (Å²) < 4.78 is 5.13. The molecule has 114 valence electrons. The monoisotopic (exact) mass is 317 g/mol. The molecule has 0 amide bonds. The minimum atomic E-state index is -0.494. The SMILES string of the molecule is O=C(CCSCc1ccccc1)Oc1ccc([N+](=O)[O-])cc1. The Morgan fingerprint density at radius 2 is 1.77 bits per heavy atom. The zero-order chi connectivity index (χ0) is 15.8. The van der Waals surface area contributed by atoms with Crippen molar-refractivity contribution in [3.8, 4) is 5.75 Å². The quantitative estimate of drug-likeness (QED) is 0.255. The molecule has 0 N–H and O–H groups in total. The molecule has 0 aromatic heterocycles. The Kier molecular flexibility index (Phi) is 5.97. The van der Waals surface area contributed by atoms with Gasteiger partial charge in [-0.05, 0) is 17.7 Å². The Bertz CT molecular complexity index is 628. The highest BCUT2D eigenvalue weighted by Crippen LogP contribution is 2.18. The van der Waals surface area contributed by atoms with E-state index in [4.69, 9.17) is 4.74 Å². The van der Waals surface area contributed by atoms with E-state index in [0.717, 1.165) is 5.75 Å². The van der Waals surface area contributed by atoms with Gasteiger partial charge < -0.3 is 4.74 Å². The molecule has 0 heterocycles. The Labute approximate surface area is 132 Å². The fourth-order valence-corrected chi connectivity index (χ4v) is 2.62. The first-order valence-electron chi connectivity index (χ1n) is 6.72. The molecule has 22 heavy (non-hydrogen) atoms. The fourth-order valence-electron chi connectivity index (χ4n) is 1.74. The van der Waals surface area contributed by atoms with Crippen LogP contribution in [0.4, 0.5) is 5.69 Å². The van der Waals surface area contributed by atoms with E-state index < -0.39 is 4.92 Å². The lowest BCUT2D eigenvalue weighted by atomic mass is 10.2. The Morgan fingerprint density at radius 1 is 1.09 bits per heavy atom. The molecule has 0 aliphatic carbocycles.